The van der Waals surface area contributed by atoms with Crippen LogP contribution in [0.15, 0.2) is 140 Å². The van der Waals surface area contributed by atoms with Crippen molar-refractivity contribution in [2.45, 2.75) is 102 Å². The second-order valence-electron chi connectivity index (χ2n) is 12.4. The topological polar surface area (TPSA) is 88.8 Å². The minimum Gasteiger partial charge on any atom is -0.368 e. The first-order valence-electron chi connectivity index (χ1n) is 20.4. The molecule has 0 spiro atoms. The van der Waals surface area contributed by atoms with Gasteiger partial charge in [-0.25, -0.2) is 0 Å². The van der Waals surface area contributed by atoms with Gasteiger partial charge >= 0.3 is 0 Å². The first-order chi connectivity index (χ1) is 27.2. The van der Waals surface area contributed by atoms with Crippen molar-refractivity contribution in [2.75, 3.05) is 29.5 Å². The molecule has 0 aliphatic rings. The quantitative estimate of drug-likeness (QED) is 0.143. The van der Waals surface area contributed by atoms with E-state index in [0.717, 1.165) is 38.8 Å². The summed E-state index contributed by atoms with van der Waals surface area (Å²) >= 11 is 0. The van der Waals surface area contributed by atoms with Gasteiger partial charge in [-0.3, -0.25) is 0 Å². The number of rotatable bonds is 8. The van der Waals surface area contributed by atoms with Gasteiger partial charge in [0.1, 0.15) is 0 Å². The van der Waals surface area contributed by atoms with Crippen LogP contribution < -0.4 is 16.4 Å². The average Bonchev–Trinajstić information content (AvgIpc) is 3.24. The van der Waals surface area contributed by atoms with Crippen LogP contribution in [-0.2, 0) is 25.7 Å². The third kappa shape index (κ3) is 26.3. The lowest BCUT2D eigenvalue weighted by atomic mass is 10.1. The van der Waals surface area contributed by atoms with E-state index in [1.165, 1.54) is 38.9 Å². The molecule has 1 aromatic heterocycles. The van der Waals surface area contributed by atoms with Gasteiger partial charge in [0.15, 0.2) is 0 Å². The lowest BCUT2D eigenvalue weighted by molar-refractivity contribution is 1.01. The fourth-order valence-corrected chi connectivity index (χ4v) is 4.49. The van der Waals surface area contributed by atoms with E-state index >= 15 is 0 Å². The summed E-state index contributed by atoms with van der Waals surface area (Å²) in [6.45, 7) is 24.4. The Balaban J connectivity index is 0.000000651. The lowest BCUT2D eigenvalue weighted by Crippen LogP contribution is -2.10. The summed E-state index contributed by atoms with van der Waals surface area (Å²) in [5.74, 6) is 1.24. The van der Waals surface area contributed by atoms with Gasteiger partial charge in [0.25, 0.3) is 0 Å². The molecule has 6 aromatic rings. The summed E-state index contributed by atoms with van der Waals surface area (Å²) in [4.78, 5) is 11.9. The monoisotopic (exact) mass is 757 g/mol. The highest BCUT2D eigenvalue weighted by Crippen LogP contribution is 2.07. The second-order valence-corrected chi connectivity index (χ2v) is 12.4. The normalized spacial score (nSPS) is 9.12. The Bertz CT molecular complexity index is 1520. The molecule has 0 bridgehead atoms. The number of nitrogens with one attached hydrogen (secondary N) is 2. The number of hydrogen-bond acceptors (Lipinski definition) is 6. The largest absolute Gasteiger partial charge is 0.368 e. The highest BCUT2D eigenvalue weighted by molar-refractivity contribution is 5.39. The minimum atomic E-state index is 0.224. The maximum atomic E-state index is 5.48. The van der Waals surface area contributed by atoms with Gasteiger partial charge in [0.2, 0.25) is 17.8 Å². The molecule has 0 amide bonds. The molecule has 0 saturated heterocycles. The maximum Gasteiger partial charge on any atom is 0.229 e. The van der Waals surface area contributed by atoms with Gasteiger partial charge in [-0.15, -0.1) is 0 Å². The van der Waals surface area contributed by atoms with Crippen molar-refractivity contribution in [3.05, 3.63) is 178 Å². The van der Waals surface area contributed by atoms with Crippen LogP contribution in [0.2, 0.25) is 0 Å². The molecular formula is C50H72N6. The SMILES string of the molecule is CC.CCNc1nc(N)nc(NCC)n1.CCc1ccc(CC)cc1.CCc1ccc(CC)cc1.Cc1ccccc1.Cc1ccccc1.Cc1ccccc1. The standard InChI is InChI=1S/2C10H14.C7H14N6.3C7H8.C2H6/c2*1-3-9-5-7-10(4-2)8-6-9;1-3-9-6-11-5(8)12-7(13-6)10-4-2;3*1-7-5-3-2-4-6-7;1-2/h2*5-8H,3-4H2,1-2H3;3-4H2,1-2H3,(H4,8,9,10,11,12,13);3*2-6H,1H3;1-2H3. The lowest BCUT2D eigenvalue weighted by Gasteiger charge is -2.05. The molecule has 0 atom stereocenters. The van der Waals surface area contributed by atoms with Gasteiger partial charge in [-0.05, 0) is 82.6 Å². The Labute approximate surface area is 341 Å². The Morgan fingerprint density at radius 1 is 0.375 bits per heavy atom. The summed E-state index contributed by atoms with van der Waals surface area (Å²) in [6, 6.07) is 48.4. The fourth-order valence-electron chi connectivity index (χ4n) is 4.49. The summed E-state index contributed by atoms with van der Waals surface area (Å²) in [5.41, 5.74) is 15.2. The molecular weight excluding hydrogens is 685 g/mol. The number of aromatic nitrogens is 3. The van der Waals surface area contributed by atoms with Crippen molar-refractivity contribution in [3.8, 4) is 0 Å². The van der Waals surface area contributed by atoms with E-state index in [4.69, 9.17) is 5.73 Å². The van der Waals surface area contributed by atoms with E-state index in [9.17, 15) is 0 Å². The van der Waals surface area contributed by atoms with Crippen LogP contribution in [0, 0.1) is 20.8 Å². The Hall–Kier alpha value is -5.49. The maximum absolute atomic E-state index is 5.48. The number of nitrogens with zero attached hydrogens (tertiary/aromatic N) is 3. The second kappa shape index (κ2) is 34.0. The molecule has 0 aliphatic carbocycles. The Morgan fingerprint density at radius 3 is 0.768 bits per heavy atom. The molecule has 6 nitrogen and oxygen atoms in total. The van der Waals surface area contributed by atoms with Gasteiger partial charge < -0.3 is 16.4 Å². The molecule has 0 unspecified atom stereocenters. The van der Waals surface area contributed by atoms with Gasteiger partial charge in [-0.2, -0.15) is 15.0 Å². The van der Waals surface area contributed by atoms with E-state index in [-0.39, 0.29) is 5.95 Å². The fraction of sp³-hybridized carbons (Fsp3) is 0.340. The third-order valence-corrected chi connectivity index (χ3v) is 7.82. The number of anilines is 3. The molecule has 302 valence electrons. The Kier molecular flexibility index (Phi) is 30.7. The molecule has 6 rings (SSSR count). The summed E-state index contributed by atoms with van der Waals surface area (Å²) in [7, 11) is 0. The van der Waals surface area contributed by atoms with Gasteiger partial charge in [-0.1, -0.05) is 198 Å². The van der Waals surface area contributed by atoms with Gasteiger partial charge in [0, 0.05) is 13.1 Å². The number of aryl methyl sites for hydroxylation is 7. The number of nitrogen functional groups attached to an aromatic ring is 1. The van der Waals surface area contributed by atoms with E-state index in [1.807, 2.05) is 82.3 Å². The summed E-state index contributed by atoms with van der Waals surface area (Å²) in [6.07, 6.45) is 4.57. The molecule has 5 aromatic carbocycles. The van der Waals surface area contributed by atoms with Crippen LogP contribution >= 0.6 is 0 Å². The third-order valence-electron chi connectivity index (χ3n) is 7.82. The van der Waals surface area contributed by atoms with Crippen LogP contribution in [0.5, 0.6) is 0 Å². The van der Waals surface area contributed by atoms with Crippen molar-refractivity contribution in [2.24, 2.45) is 0 Å². The molecule has 0 fully saturated rings. The van der Waals surface area contributed by atoms with Crippen LogP contribution in [0.4, 0.5) is 17.8 Å². The summed E-state index contributed by atoms with van der Waals surface area (Å²) in [5, 5.41) is 5.93. The van der Waals surface area contributed by atoms with Crippen molar-refractivity contribution in [1.82, 2.24) is 15.0 Å². The van der Waals surface area contributed by atoms with Crippen molar-refractivity contribution in [1.29, 1.82) is 0 Å². The zero-order valence-electron chi connectivity index (χ0n) is 36.4. The highest BCUT2D eigenvalue weighted by Gasteiger charge is 2.01. The zero-order chi connectivity index (χ0) is 41.8. The smallest absolute Gasteiger partial charge is 0.229 e. The highest BCUT2D eigenvalue weighted by atomic mass is 15.2. The van der Waals surface area contributed by atoms with Gasteiger partial charge in [0.05, 0.1) is 0 Å². The number of hydrogen-bond donors (Lipinski definition) is 3. The molecule has 0 aliphatic heterocycles. The molecule has 1 heterocycles. The van der Waals surface area contributed by atoms with E-state index in [2.05, 4.69) is 159 Å². The van der Waals surface area contributed by atoms with Crippen LogP contribution in [-0.4, -0.2) is 28.0 Å². The number of benzene rings is 5. The van der Waals surface area contributed by atoms with E-state index in [0.29, 0.717) is 11.9 Å². The molecule has 0 radical (unpaired) electrons. The number of nitrogens with two attached hydrogens (primary N) is 1. The first kappa shape index (κ1) is 50.5. The molecule has 0 saturated carbocycles. The predicted molar refractivity (Wildman–Crippen MR) is 248 cm³/mol. The van der Waals surface area contributed by atoms with Crippen LogP contribution in [0.3, 0.4) is 0 Å². The Morgan fingerprint density at radius 2 is 0.607 bits per heavy atom. The predicted octanol–water partition coefficient (Wildman–Crippen LogP) is 13.0. The van der Waals surface area contributed by atoms with Crippen molar-refractivity contribution < 1.29 is 0 Å². The van der Waals surface area contributed by atoms with E-state index in [1.54, 1.807) is 0 Å². The first-order valence-corrected chi connectivity index (χ1v) is 20.4. The van der Waals surface area contributed by atoms with Crippen LogP contribution in [0.1, 0.15) is 94.3 Å². The van der Waals surface area contributed by atoms with E-state index < -0.39 is 0 Å². The summed E-state index contributed by atoms with van der Waals surface area (Å²) < 4.78 is 0. The molecule has 4 N–H and O–H groups in total. The zero-order valence-corrected chi connectivity index (χ0v) is 36.4. The molecule has 56 heavy (non-hydrogen) atoms. The molecule has 6 heteroatoms. The minimum absolute atomic E-state index is 0.224. The van der Waals surface area contributed by atoms with Crippen LogP contribution in [0.25, 0.3) is 0 Å². The van der Waals surface area contributed by atoms with Crippen molar-refractivity contribution in [3.63, 3.8) is 0 Å². The average molecular weight is 757 g/mol. The van der Waals surface area contributed by atoms with Crippen molar-refractivity contribution >= 4 is 17.8 Å².